The SMILES string of the molecule is CCn1ncc2c1CCC[C@H]2NCc1nc2ccccc2n1C. The van der Waals surface area contributed by atoms with E-state index >= 15 is 0 Å². The summed E-state index contributed by atoms with van der Waals surface area (Å²) in [7, 11) is 2.09. The van der Waals surface area contributed by atoms with Crippen molar-refractivity contribution in [1.82, 2.24) is 24.6 Å². The van der Waals surface area contributed by atoms with Crippen molar-refractivity contribution in [3.05, 3.63) is 47.5 Å². The Hall–Kier alpha value is -2.14. The minimum absolute atomic E-state index is 0.388. The van der Waals surface area contributed by atoms with Gasteiger partial charge in [-0.2, -0.15) is 5.10 Å². The highest BCUT2D eigenvalue weighted by Crippen LogP contribution is 2.29. The Labute approximate surface area is 136 Å². The minimum atomic E-state index is 0.388. The van der Waals surface area contributed by atoms with Gasteiger partial charge in [-0.1, -0.05) is 12.1 Å². The zero-order valence-corrected chi connectivity index (χ0v) is 13.8. The fourth-order valence-corrected chi connectivity index (χ4v) is 3.67. The molecule has 5 nitrogen and oxygen atoms in total. The number of nitrogens with one attached hydrogen (secondary N) is 1. The number of aromatic nitrogens is 4. The van der Waals surface area contributed by atoms with Gasteiger partial charge in [0.25, 0.3) is 0 Å². The molecule has 120 valence electrons. The van der Waals surface area contributed by atoms with E-state index in [0.29, 0.717) is 6.04 Å². The average molecular weight is 309 g/mol. The van der Waals surface area contributed by atoms with Gasteiger partial charge < -0.3 is 9.88 Å². The van der Waals surface area contributed by atoms with Crippen LogP contribution in [0.1, 0.15) is 42.9 Å². The quantitative estimate of drug-likeness (QED) is 0.806. The van der Waals surface area contributed by atoms with Gasteiger partial charge in [-0.25, -0.2) is 4.98 Å². The van der Waals surface area contributed by atoms with Crippen LogP contribution in [0.3, 0.4) is 0 Å². The molecule has 0 spiro atoms. The van der Waals surface area contributed by atoms with Crippen molar-refractivity contribution in [1.29, 1.82) is 0 Å². The van der Waals surface area contributed by atoms with Crippen LogP contribution >= 0.6 is 0 Å². The number of imidazole rings is 1. The third-order valence-corrected chi connectivity index (χ3v) is 4.95. The summed E-state index contributed by atoms with van der Waals surface area (Å²) in [4.78, 5) is 4.75. The van der Waals surface area contributed by atoms with Crippen LogP contribution in [0.15, 0.2) is 30.5 Å². The van der Waals surface area contributed by atoms with E-state index in [4.69, 9.17) is 4.98 Å². The first kappa shape index (κ1) is 14.5. The Kier molecular flexibility index (Phi) is 3.65. The van der Waals surface area contributed by atoms with E-state index in [2.05, 4.69) is 51.8 Å². The normalized spacial score (nSPS) is 17.6. The van der Waals surface area contributed by atoms with Crippen LogP contribution in [0.4, 0.5) is 0 Å². The second kappa shape index (κ2) is 5.81. The van der Waals surface area contributed by atoms with Gasteiger partial charge >= 0.3 is 0 Å². The summed E-state index contributed by atoms with van der Waals surface area (Å²) in [6.07, 6.45) is 5.59. The van der Waals surface area contributed by atoms with Gasteiger partial charge in [0.2, 0.25) is 0 Å². The summed E-state index contributed by atoms with van der Waals surface area (Å²) < 4.78 is 4.32. The summed E-state index contributed by atoms with van der Waals surface area (Å²) in [5, 5.41) is 8.23. The zero-order valence-electron chi connectivity index (χ0n) is 13.8. The van der Waals surface area contributed by atoms with E-state index in [1.165, 1.54) is 29.6 Å². The first-order valence-corrected chi connectivity index (χ1v) is 8.46. The minimum Gasteiger partial charge on any atom is -0.330 e. The number of fused-ring (bicyclic) bond motifs is 2. The third-order valence-electron chi connectivity index (χ3n) is 4.95. The monoisotopic (exact) mass is 309 g/mol. The Morgan fingerprint density at radius 1 is 1.30 bits per heavy atom. The van der Waals surface area contributed by atoms with Gasteiger partial charge in [0.15, 0.2) is 0 Å². The van der Waals surface area contributed by atoms with Crippen molar-refractivity contribution in [2.75, 3.05) is 0 Å². The Bertz CT molecular complexity index is 829. The number of aryl methyl sites for hydroxylation is 2. The fraction of sp³-hybridized carbons (Fsp3) is 0.444. The first-order valence-electron chi connectivity index (χ1n) is 8.46. The second-order valence-corrected chi connectivity index (χ2v) is 6.26. The smallest absolute Gasteiger partial charge is 0.123 e. The van der Waals surface area contributed by atoms with Crippen molar-refractivity contribution in [2.24, 2.45) is 7.05 Å². The molecule has 0 saturated carbocycles. The molecule has 1 aliphatic rings. The lowest BCUT2D eigenvalue weighted by Crippen LogP contribution is -2.26. The Balaban J connectivity index is 1.55. The van der Waals surface area contributed by atoms with E-state index in [1.54, 1.807) is 0 Å². The number of hydrogen-bond donors (Lipinski definition) is 1. The highest BCUT2D eigenvalue weighted by molar-refractivity contribution is 5.75. The van der Waals surface area contributed by atoms with Crippen LogP contribution in [0, 0.1) is 0 Å². The summed E-state index contributed by atoms with van der Waals surface area (Å²) in [6.45, 7) is 3.89. The number of rotatable bonds is 4. The Morgan fingerprint density at radius 2 is 2.17 bits per heavy atom. The molecule has 0 amide bonds. The molecule has 1 aromatic carbocycles. The van der Waals surface area contributed by atoms with Crippen LogP contribution in [-0.2, 0) is 26.6 Å². The van der Waals surface area contributed by atoms with E-state index in [0.717, 1.165) is 30.9 Å². The molecular weight excluding hydrogens is 286 g/mol. The lowest BCUT2D eigenvalue weighted by Gasteiger charge is -2.24. The molecule has 0 unspecified atom stereocenters. The van der Waals surface area contributed by atoms with E-state index in [1.807, 2.05) is 12.3 Å². The second-order valence-electron chi connectivity index (χ2n) is 6.26. The van der Waals surface area contributed by atoms with Crippen LogP contribution in [-0.4, -0.2) is 19.3 Å². The number of nitrogens with zero attached hydrogens (tertiary/aromatic N) is 4. The summed E-state index contributed by atoms with van der Waals surface area (Å²) in [5.41, 5.74) is 5.03. The molecule has 0 fully saturated rings. The molecule has 3 aromatic rings. The molecule has 0 aliphatic heterocycles. The van der Waals surface area contributed by atoms with Gasteiger partial charge in [-0.05, 0) is 38.3 Å². The van der Waals surface area contributed by atoms with Crippen LogP contribution in [0.2, 0.25) is 0 Å². The number of benzene rings is 1. The summed E-state index contributed by atoms with van der Waals surface area (Å²) in [5.74, 6) is 1.08. The molecule has 4 rings (SSSR count). The predicted molar refractivity (Wildman–Crippen MR) is 91.1 cm³/mol. The molecule has 0 bridgehead atoms. The van der Waals surface area contributed by atoms with Gasteiger partial charge in [0.1, 0.15) is 5.82 Å². The van der Waals surface area contributed by atoms with E-state index < -0.39 is 0 Å². The zero-order chi connectivity index (χ0) is 15.8. The lowest BCUT2D eigenvalue weighted by molar-refractivity contribution is 0.440. The van der Waals surface area contributed by atoms with Crippen LogP contribution in [0.5, 0.6) is 0 Å². The molecule has 0 saturated heterocycles. The predicted octanol–water partition coefficient (Wildman–Crippen LogP) is 2.96. The van der Waals surface area contributed by atoms with Crippen molar-refractivity contribution >= 4 is 11.0 Å². The molecule has 2 aromatic heterocycles. The Morgan fingerprint density at radius 3 is 3.00 bits per heavy atom. The first-order chi connectivity index (χ1) is 11.3. The number of para-hydroxylation sites is 2. The van der Waals surface area contributed by atoms with Crippen molar-refractivity contribution in [2.45, 2.75) is 45.3 Å². The topological polar surface area (TPSA) is 47.7 Å². The van der Waals surface area contributed by atoms with Gasteiger partial charge in [-0.15, -0.1) is 0 Å². The maximum atomic E-state index is 4.75. The fourth-order valence-electron chi connectivity index (χ4n) is 3.67. The maximum absolute atomic E-state index is 4.75. The average Bonchev–Trinajstić information content (AvgIpc) is 3.15. The van der Waals surface area contributed by atoms with Crippen molar-refractivity contribution in [3.63, 3.8) is 0 Å². The molecular formula is C18H23N5. The summed E-state index contributed by atoms with van der Waals surface area (Å²) in [6, 6.07) is 8.68. The molecule has 0 radical (unpaired) electrons. The standard InChI is InChI=1S/C18H23N5/c1-3-23-16-10-6-8-14(13(16)11-20-23)19-12-18-21-15-7-4-5-9-17(15)22(18)2/h4-5,7,9,11,14,19H,3,6,8,10,12H2,1-2H3/t14-/m1/s1. The largest absolute Gasteiger partial charge is 0.330 e. The molecule has 1 N–H and O–H groups in total. The highest BCUT2D eigenvalue weighted by Gasteiger charge is 2.23. The van der Waals surface area contributed by atoms with Crippen LogP contribution in [0.25, 0.3) is 11.0 Å². The van der Waals surface area contributed by atoms with Crippen molar-refractivity contribution < 1.29 is 0 Å². The molecule has 2 heterocycles. The van der Waals surface area contributed by atoms with Gasteiger partial charge in [0.05, 0.1) is 23.8 Å². The summed E-state index contributed by atoms with van der Waals surface area (Å²) >= 11 is 0. The highest BCUT2D eigenvalue weighted by atomic mass is 15.3. The third kappa shape index (κ3) is 2.45. The maximum Gasteiger partial charge on any atom is 0.123 e. The lowest BCUT2D eigenvalue weighted by atomic mass is 9.93. The van der Waals surface area contributed by atoms with Gasteiger partial charge in [-0.3, -0.25) is 4.68 Å². The molecule has 1 aliphatic carbocycles. The number of hydrogen-bond acceptors (Lipinski definition) is 3. The van der Waals surface area contributed by atoms with E-state index in [9.17, 15) is 0 Å². The molecule has 1 atom stereocenters. The molecule has 5 heteroatoms. The van der Waals surface area contributed by atoms with Gasteiger partial charge in [0, 0.05) is 30.9 Å². The van der Waals surface area contributed by atoms with Crippen molar-refractivity contribution in [3.8, 4) is 0 Å². The molecule has 23 heavy (non-hydrogen) atoms. The van der Waals surface area contributed by atoms with E-state index in [-0.39, 0.29) is 0 Å². The van der Waals surface area contributed by atoms with Crippen LogP contribution < -0.4 is 5.32 Å².